The second-order valence-corrected chi connectivity index (χ2v) is 16.2. The molecule has 252 valence electrons. The van der Waals surface area contributed by atoms with Crippen LogP contribution >= 0.6 is 25.3 Å². The minimum atomic E-state index is -0.877. The molecule has 0 aliphatic carbocycles. The molecule has 7 aromatic carbocycles. The second-order valence-electron chi connectivity index (χ2n) is 11.3. The molecule has 1 aliphatic heterocycles. The van der Waals surface area contributed by atoms with Crippen molar-refractivity contribution in [2.24, 2.45) is 0 Å². The molecule has 6 heteroatoms. The van der Waals surface area contributed by atoms with Gasteiger partial charge in [0.05, 0.1) is 15.8 Å². The molecule has 0 atom stereocenters. The van der Waals surface area contributed by atoms with Crippen molar-refractivity contribution in [3.05, 3.63) is 218 Å². The topological polar surface area (TPSA) is 24.1 Å². The minimum Gasteiger partial charge on any atom is -0.521 e. The van der Waals surface area contributed by atoms with E-state index in [9.17, 15) is 0 Å². The maximum absolute atomic E-state index is 4.61. The summed E-state index contributed by atoms with van der Waals surface area (Å²) in [7, 11) is 2.86. The molecule has 0 saturated carbocycles. The first-order valence-electron chi connectivity index (χ1n) is 16.4. The predicted molar refractivity (Wildman–Crippen MR) is 220 cm³/mol. The van der Waals surface area contributed by atoms with Gasteiger partial charge in [0.15, 0.2) is 0 Å². The van der Waals surface area contributed by atoms with Crippen LogP contribution in [-0.2, 0) is 25.3 Å². The zero-order valence-corrected chi connectivity index (χ0v) is 32.6. The molecule has 0 fully saturated rings. The van der Waals surface area contributed by atoms with Crippen LogP contribution in [0.5, 0.6) is 0 Å². The largest absolute Gasteiger partial charge is 0.521 e. The first-order valence-corrected chi connectivity index (χ1v) is 22.3. The number of nitrogens with one attached hydrogen (secondary N) is 2. The average Bonchev–Trinajstić information content (AvgIpc) is 3.22. The minimum absolute atomic E-state index is 0.877. The monoisotopic (exact) mass is 889 g/mol. The fourth-order valence-electron chi connectivity index (χ4n) is 5.73. The van der Waals surface area contributed by atoms with Crippen LogP contribution in [0.15, 0.2) is 206 Å². The zero-order valence-electron chi connectivity index (χ0n) is 27.6. The van der Waals surface area contributed by atoms with Crippen LogP contribution in [0, 0.1) is 6.67 Å². The Morgan fingerprint density at radius 2 is 0.640 bits per heavy atom. The number of para-hydroxylation sites is 1. The first-order chi connectivity index (χ1) is 24.9. The molecular weight excluding hydrogens is 849 g/mol. The molecule has 1 heterocycles. The maximum Gasteiger partial charge on any atom is 0.102 e. The van der Waals surface area contributed by atoms with E-state index in [2.05, 4.69) is 214 Å². The van der Waals surface area contributed by atoms with Crippen molar-refractivity contribution < 1.29 is 18.8 Å². The third-order valence-corrected chi connectivity index (χ3v) is 13.5. The molecule has 2 N–H and O–H groups in total. The Kier molecular flexibility index (Phi) is 16.0. The standard InChI is InChI=1S/2C18H15P.C8H9N2.ClH.Pt/c2*1-4-10-16(11-5-1)19(17-12-6-2-7-13-17)18-14-8-3-9-15-18;1-2-4-8-7(3-1)5-9-6-10-8;;/h2*1-15H;1-4,6,9-10H,5H2;1H;/q;;-1;;+2/p+1. The normalized spacial score (nSPS) is 11.3. The van der Waals surface area contributed by atoms with Crippen LogP contribution in [0.1, 0.15) is 5.56 Å². The average molecular weight is 890 g/mol. The predicted octanol–water partition coefficient (Wildman–Crippen LogP) is 8.36. The molecule has 0 bridgehead atoms. The van der Waals surface area contributed by atoms with E-state index < -0.39 is 15.8 Å². The summed E-state index contributed by atoms with van der Waals surface area (Å²) in [4.78, 5) is 0. The van der Waals surface area contributed by atoms with E-state index >= 15 is 0 Å². The number of hydrogen-bond donors (Lipinski definition) is 2. The smallest absolute Gasteiger partial charge is 0.102 e. The van der Waals surface area contributed by atoms with E-state index in [-0.39, 0.29) is 0 Å². The Labute approximate surface area is 315 Å². The van der Waals surface area contributed by atoms with Gasteiger partial charge in [-0.25, -0.2) is 0 Å². The van der Waals surface area contributed by atoms with Crippen molar-refractivity contribution in [3.8, 4) is 0 Å². The molecule has 0 radical (unpaired) electrons. The Morgan fingerprint density at radius 1 is 0.380 bits per heavy atom. The van der Waals surface area contributed by atoms with Crippen molar-refractivity contribution in [2.75, 3.05) is 5.32 Å². The summed E-state index contributed by atoms with van der Waals surface area (Å²) in [6.07, 6.45) is 0. The SMILES string of the molecule is [Cl][Pt+].c1ccc([PH+](c2ccccc2)c2ccccc2)cc1.c1ccc([PH+](c2ccccc2)c2ccccc2)cc1.c1ccc2c(c1)CN[CH-]N2. The van der Waals surface area contributed by atoms with Crippen LogP contribution < -0.4 is 42.5 Å². The third-order valence-electron chi connectivity index (χ3n) is 8.01. The number of hydrogen-bond acceptors (Lipinski definition) is 2. The van der Waals surface area contributed by atoms with Gasteiger partial charge in [-0.3, -0.25) is 0 Å². The molecule has 1 aliphatic rings. The van der Waals surface area contributed by atoms with Crippen molar-refractivity contribution in [1.82, 2.24) is 5.32 Å². The number of benzene rings is 7. The van der Waals surface area contributed by atoms with Crippen LogP contribution in [0.25, 0.3) is 0 Å². The quantitative estimate of drug-likeness (QED) is 0.130. The number of rotatable bonds is 6. The molecule has 0 unspecified atom stereocenters. The van der Waals surface area contributed by atoms with E-state index in [0.29, 0.717) is 0 Å². The van der Waals surface area contributed by atoms with Crippen molar-refractivity contribution in [1.29, 1.82) is 0 Å². The van der Waals surface area contributed by atoms with E-state index in [1.807, 2.05) is 18.8 Å². The molecule has 50 heavy (non-hydrogen) atoms. The van der Waals surface area contributed by atoms with Crippen molar-refractivity contribution in [2.45, 2.75) is 6.54 Å². The summed E-state index contributed by atoms with van der Waals surface area (Å²) in [6, 6.07) is 73.3. The molecule has 7 aromatic rings. The van der Waals surface area contributed by atoms with Gasteiger partial charge in [0, 0.05) is 5.69 Å². The van der Waals surface area contributed by atoms with Gasteiger partial charge in [-0.05, 0) is 91.0 Å². The number of anilines is 1. The second kappa shape index (κ2) is 21.4. The van der Waals surface area contributed by atoms with E-state index in [1.54, 1.807) is 18.8 Å². The molecular formula is C44H41ClN2P2Pt+2. The van der Waals surface area contributed by atoms with E-state index in [4.69, 9.17) is 0 Å². The fraction of sp³-hybridized carbons (Fsp3) is 0.0227. The molecule has 2 nitrogen and oxygen atoms in total. The van der Waals surface area contributed by atoms with E-state index in [1.165, 1.54) is 43.1 Å². The van der Waals surface area contributed by atoms with Gasteiger partial charge >= 0.3 is 28.2 Å². The summed E-state index contributed by atoms with van der Waals surface area (Å²) in [6.45, 7) is 2.80. The van der Waals surface area contributed by atoms with Crippen LogP contribution in [0.2, 0.25) is 0 Å². The third kappa shape index (κ3) is 11.1. The summed E-state index contributed by atoms with van der Waals surface area (Å²) < 4.78 is 0. The molecule has 0 spiro atoms. The summed E-state index contributed by atoms with van der Waals surface area (Å²) in [5, 5.41) is 14.8. The van der Waals surface area contributed by atoms with Crippen LogP contribution in [0.4, 0.5) is 5.69 Å². The fourth-order valence-corrected chi connectivity index (χ4v) is 10.9. The first kappa shape index (κ1) is 37.4. The zero-order chi connectivity index (χ0) is 34.6. The molecule has 8 rings (SSSR count). The van der Waals surface area contributed by atoms with Gasteiger partial charge in [-0.15, -0.1) is 0 Å². The van der Waals surface area contributed by atoms with Gasteiger partial charge in [0.2, 0.25) is 0 Å². The summed E-state index contributed by atoms with van der Waals surface area (Å²) in [5.74, 6) is 0. The summed E-state index contributed by atoms with van der Waals surface area (Å²) in [5.41, 5.74) is 2.53. The van der Waals surface area contributed by atoms with Gasteiger partial charge < -0.3 is 10.6 Å². The van der Waals surface area contributed by atoms with Crippen LogP contribution in [0.3, 0.4) is 0 Å². The Morgan fingerprint density at radius 3 is 0.920 bits per heavy atom. The molecule has 0 saturated heterocycles. The van der Waals surface area contributed by atoms with Gasteiger partial charge in [0.1, 0.15) is 31.8 Å². The molecule has 0 aromatic heterocycles. The van der Waals surface area contributed by atoms with Gasteiger partial charge in [-0.2, -0.15) is 6.67 Å². The maximum atomic E-state index is 4.61. The Balaban J connectivity index is 0.000000149. The van der Waals surface area contributed by atoms with Crippen molar-refractivity contribution >= 4 is 62.8 Å². The molecule has 0 amide bonds. The van der Waals surface area contributed by atoms with Gasteiger partial charge in [0.25, 0.3) is 0 Å². The van der Waals surface area contributed by atoms with E-state index in [0.717, 1.165) is 6.54 Å². The summed E-state index contributed by atoms with van der Waals surface area (Å²) >= 11 is 1.61. The number of halogens is 1. The number of fused-ring (bicyclic) bond motifs is 1. The van der Waals surface area contributed by atoms with Crippen LogP contribution in [-0.4, -0.2) is 0 Å². The Hall–Kier alpha value is -3.86. The Bertz CT molecular complexity index is 1590. The van der Waals surface area contributed by atoms with Crippen molar-refractivity contribution in [3.63, 3.8) is 0 Å². The van der Waals surface area contributed by atoms with Gasteiger partial charge in [-0.1, -0.05) is 127 Å².